The third kappa shape index (κ3) is 1.81. The lowest BCUT2D eigenvalue weighted by Crippen LogP contribution is -2.52. The predicted octanol–water partition coefficient (Wildman–Crippen LogP) is 1.09. The summed E-state index contributed by atoms with van der Waals surface area (Å²) in [7, 11) is 1.87. The first-order valence-electron chi connectivity index (χ1n) is 6.47. The molecule has 2 aliphatic rings. The number of anilines is 1. The molecular formula is C14H18N4O. The van der Waals surface area contributed by atoms with Crippen molar-refractivity contribution < 1.29 is 4.79 Å². The van der Waals surface area contributed by atoms with Crippen LogP contribution < -0.4 is 15.8 Å². The summed E-state index contributed by atoms with van der Waals surface area (Å²) >= 11 is 0. The van der Waals surface area contributed by atoms with E-state index >= 15 is 0 Å². The number of carbonyl (C=O) groups excluding carboxylic acids is 1. The van der Waals surface area contributed by atoms with Crippen molar-refractivity contribution in [3.05, 3.63) is 29.5 Å². The third-order valence-electron chi connectivity index (χ3n) is 3.73. The molecule has 0 aliphatic carbocycles. The van der Waals surface area contributed by atoms with Crippen LogP contribution in [-0.4, -0.2) is 30.0 Å². The van der Waals surface area contributed by atoms with Crippen LogP contribution in [0.15, 0.2) is 23.9 Å². The Morgan fingerprint density at radius 2 is 2.26 bits per heavy atom. The van der Waals surface area contributed by atoms with E-state index in [0.717, 1.165) is 11.4 Å². The Kier molecular flexibility index (Phi) is 2.60. The molecule has 2 N–H and O–H groups in total. The van der Waals surface area contributed by atoms with Crippen molar-refractivity contribution in [3.8, 4) is 0 Å². The molecule has 5 nitrogen and oxygen atoms in total. The molecule has 1 aromatic heterocycles. The maximum absolute atomic E-state index is 11.8. The number of amides is 1. The average Bonchev–Trinajstić information content (AvgIpc) is 2.35. The van der Waals surface area contributed by atoms with Gasteiger partial charge in [0.15, 0.2) is 5.82 Å². The molecule has 3 heterocycles. The predicted molar refractivity (Wildman–Crippen MR) is 74.4 cm³/mol. The molecule has 0 fully saturated rings. The summed E-state index contributed by atoms with van der Waals surface area (Å²) in [5.41, 5.74) is 6.28. The lowest BCUT2D eigenvalue weighted by molar-refractivity contribution is -0.121. The second kappa shape index (κ2) is 4.06. The zero-order chi connectivity index (χ0) is 13.6. The monoisotopic (exact) mass is 258 g/mol. The second-order valence-corrected chi connectivity index (χ2v) is 5.51. The Hall–Kier alpha value is -1.88. The number of hydrogen-bond acceptors (Lipinski definition) is 4. The molecule has 3 rings (SSSR count). The van der Waals surface area contributed by atoms with E-state index in [2.05, 4.69) is 21.8 Å². The summed E-state index contributed by atoms with van der Waals surface area (Å²) in [6.45, 7) is 4.79. The van der Waals surface area contributed by atoms with Crippen LogP contribution in [0.1, 0.15) is 25.8 Å². The first-order valence-corrected chi connectivity index (χ1v) is 6.47. The van der Waals surface area contributed by atoms with E-state index < -0.39 is 0 Å². The Balaban J connectivity index is 2.21. The van der Waals surface area contributed by atoms with Crippen LogP contribution in [0, 0.1) is 0 Å². The van der Waals surface area contributed by atoms with Gasteiger partial charge in [-0.2, -0.15) is 0 Å². The number of hydrogen-bond donors (Lipinski definition) is 2. The van der Waals surface area contributed by atoms with Crippen LogP contribution in [0.3, 0.4) is 0 Å². The van der Waals surface area contributed by atoms with E-state index in [1.807, 2.05) is 32.0 Å². The second-order valence-electron chi connectivity index (χ2n) is 5.51. The minimum atomic E-state index is -0.345. The molecule has 2 aliphatic heterocycles. The molecular weight excluding hydrogens is 240 g/mol. The number of rotatable bonds is 1. The highest BCUT2D eigenvalue weighted by molar-refractivity contribution is 5.95. The highest BCUT2D eigenvalue weighted by atomic mass is 16.1. The van der Waals surface area contributed by atoms with Crippen molar-refractivity contribution in [1.29, 1.82) is 0 Å². The van der Waals surface area contributed by atoms with E-state index in [1.54, 1.807) is 6.20 Å². The van der Waals surface area contributed by atoms with Gasteiger partial charge >= 0.3 is 0 Å². The van der Waals surface area contributed by atoms with Crippen LogP contribution >= 0.6 is 0 Å². The molecule has 0 saturated carbocycles. The molecule has 5 heteroatoms. The summed E-state index contributed by atoms with van der Waals surface area (Å²) in [6.07, 6.45) is 2.26. The fourth-order valence-corrected chi connectivity index (χ4v) is 3.10. The summed E-state index contributed by atoms with van der Waals surface area (Å²) < 4.78 is 0. The molecule has 0 saturated heterocycles. The fraction of sp³-hybridized carbons (Fsp3) is 0.429. The largest absolute Gasteiger partial charge is 0.347 e. The number of nitrogens with zero attached hydrogens (tertiary/aromatic N) is 2. The third-order valence-corrected chi connectivity index (χ3v) is 3.73. The molecule has 0 atom stereocenters. The summed E-state index contributed by atoms with van der Waals surface area (Å²) in [4.78, 5) is 16.3. The molecule has 0 aromatic carbocycles. The van der Waals surface area contributed by atoms with Crippen molar-refractivity contribution in [2.45, 2.75) is 25.8 Å². The van der Waals surface area contributed by atoms with Gasteiger partial charge in [0.2, 0.25) is 5.91 Å². The van der Waals surface area contributed by atoms with Crippen LogP contribution in [0.4, 0.5) is 5.82 Å². The van der Waals surface area contributed by atoms with Gasteiger partial charge in [-0.25, -0.2) is 10.4 Å². The zero-order valence-corrected chi connectivity index (χ0v) is 11.4. The average molecular weight is 258 g/mol. The van der Waals surface area contributed by atoms with E-state index in [9.17, 15) is 4.79 Å². The van der Waals surface area contributed by atoms with Gasteiger partial charge in [0.05, 0.1) is 18.5 Å². The Morgan fingerprint density at radius 3 is 3.00 bits per heavy atom. The smallest absolute Gasteiger partial charge is 0.224 e. The van der Waals surface area contributed by atoms with Gasteiger partial charge < -0.3 is 5.32 Å². The molecule has 0 radical (unpaired) electrons. The first kappa shape index (κ1) is 12.2. The maximum Gasteiger partial charge on any atom is 0.224 e. The standard InChI is InChI=1S/C14H18N4O/c1-14(2)12-9(7-11(19)17-14)8-18(15-3)13-10(12)5-4-6-16-13/h4-6,15H,7-8H2,1-3H3,(H,17,19). The van der Waals surface area contributed by atoms with E-state index in [0.29, 0.717) is 13.0 Å². The van der Waals surface area contributed by atoms with E-state index in [-0.39, 0.29) is 11.4 Å². The van der Waals surface area contributed by atoms with Crippen molar-refractivity contribution in [3.63, 3.8) is 0 Å². The van der Waals surface area contributed by atoms with Crippen molar-refractivity contribution in [2.24, 2.45) is 0 Å². The van der Waals surface area contributed by atoms with Gasteiger partial charge in [-0.3, -0.25) is 9.80 Å². The molecule has 0 unspecified atom stereocenters. The number of carbonyl (C=O) groups is 1. The van der Waals surface area contributed by atoms with Gasteiger partial charge in [-0.15, -0.1) is 0 Å². The molecule has 0 bridgehead atoms. The van der Waals surface area contributed by atoms with Crippen molar-refractivity contribution in [2.75, 3.05) is 18.6 Å². The normalized spacial score (nSPS) is 20.8. The van der Waals surface area contributed by atoms with Gasteiger partial charge in [0.25, 0.3) is 0 Å². The van der Waals surface area contributed by atoms with Crippen LogP contribution in [-0.2, 0) is 4.79 Å². The number of nitrogens with one attached hydrogen (secondary N) is 2. The zero-order valence-electron chi connectivity index (χ0n) is 11.4. The van der Waals surface area contributed by atoms with Crippen LogP contribution in [0.25, 0.3) is 5.57 Å². The highest BCUT2D eigenvalue weighted by Gasteiger charge is 2.39. The minimum absolute atomic E-state index is 0.0899. The summed E-state index contributed by atoms with van der Waals surface area (Å²) in [6, 6.07) is 4.01. The van der Waals surface area contributed by atoms with Gasteiger partial charge in [0.1, 0.15) is 0 Å². The van der Waals surface area contributed by atoms with E-state index in [4.69, 9.17) is 0 Å². The SMILES string of the molecule is CNN1CC2=C(c3cccnc31)C(C)(C)NC(=O)C2. The van der Waals surface area contributed by atoms with E-state index in [1.165, 1.54) is 11.1 Å². The Labute approximate surface area is 112 Å². The van der Waals surface area contributed by atoms with Gasteiger partial charge in [0, 0.05) is 18.8 Å². The number of pyridine rings is 1. The minimum Gasteiger partial charge on any atom is -0.347 e. The molecule has 100 valence electrons. The van der Waals surface area contributed by atoms with Crippen molar-refractivity contribution >= 4 is 17.3 Å². The quantitative estimate of drug-likeness (QED) is 0.791. The molecule has 1 amide bonds. The first-order chi connectivity index (χ1) is 9.03. The van der Waals surface area contributed by atoms with Gasteiger partial charge in [-0.05, 0) is 37.1 Å². The highest BCUT2D eigenvalue weighted by Crippen LogP contribution is 2.41. The lowest BCUT2D eigenvalue weighted by Gasteiger charge is -2.42. The number of fused-ring (bicyclic) bond motifs is 2. The summed E-state index contributed by atoms with van der Waals surface area (Å²) in [5.74, 6) is 1.01. The maximum atomic E-state index is 11.8. The molecule has 19 heavy (non-hydrogen) atoms. The Bertz CT molecular complexity index is 577. The van der Waals surface area contributed by atoms with Crippen LogP contribution in [0.2, 0.25) is 0 Å². The number of aromatic nitrogens is 1. The lowest BCUT2D eigenvalue weighted by atomic mass is 9.79. The van der Waals surface area contributed by atoms with Gasteiger partial charge in [-0.1, -0.05) is 0 Å². The topological polar surface area (TPSA) is 57.3 Å². The van der Waals surface area contributed by atoms with Crippen molar-refractivity contribution in [1.82, 2.24) is 15.7 Å². The summed E-state index contributed by atoms with van der Waals surface area (Å²) in [5, 5.41) is 5.05. The fourth-order valence-electron chi connectivity index (χ4n) is 3.10. The number of hydrazine groups is 1. The molecule has 0 spiro atoms. The molecule has 1 aromatic rings. The Morgan fingerprint density at radius 1 is 1.47 bits per heavy atom. The van der Waals surface area contributed by atoms with Crippen LogP contribution in [0.5, 0.6) is 0 Å².